The van der Waals surface area contributed by atoms with Crippen LogP contribution in [0.4, 0.5) is 5.69 Å². The number of rotatable bonds is 9. The minimum atomic E-state index is -3.77. The lowest BCUT2D eigenvalue weighted by Gasteiger charge is -2.27. The van der Waals surface area contributed by atoms with Gasteiger partial charge in [0, 0.05) is 29.6 Å². The van der Waals surface area contributed by atoms with E-state index in [-0.39, 0.29) is 35.4 Å². The number of hydrogen-bond acceptors (Lipinski definition) is 6. The second kappa shape index (κ2) is 11.2. The molecule has 1 aliphatic rings. The summed E-state index contributed by atoms with van der Waals surface area (Å²) >= 11 is 7.43. The third kappa shape index (κ3) is 6.60. The molecule has 1 N–H and O–H groups in total. The van der Waals surface area contributed by atoms with Crippen LogP contribution in [0, 0.1) is 0 Å². The first kappa shape index (κ1) is 23.9. The molecule has 3 rings (SSSR count). The Labute approximate surface area is 192 Å². The third-order valence-electron chi connectivity index (χ3n) is 4.51. The Hall–Kier alpha value is -1.78. The first-order valence-corrected chi connectivity index (χ1v) is 12.8. The summed E-state index contributed by atoms with van der Waals surface area (Å²) in [5, 5.41) is 3.43. The number of carbonyl (C=O) groups excluding carboxylic acids is 1. The van der Waals surface area contributed by atoms with Gasteiger partial charge in [0.25, 0.3) is 0 Å². The van der Waals surface area contributed by atoms with Crippen molar-refractivity contribution in [1.29, 1.82) is 0 Å². The summed E-state index contributed by atoms with van der Waals surface area (Å²) in [7, 11) is -3.77. The Morgan fingerprint density at radius 3 is 2.71 bits per heavy atom. The van der Waals surface area contributed by atoms with Gasteiger partial charge >= 0.3 is 0 Å². The second-order valence-electron chi connectivity index (χ2n) is 6.78. The predicted molar refractivity (Wildman–Crippen MR) is 123 cm³/mol. The normalized spacial score (nSPS) is 14.9. The lowest BCUT2D eigenvalue weighted by molar-refractivity contribution is -0.113. The van der Waals surface area contributed by atoms with Gasteiger partial charge in [-0.1, -0.05) is 23.7 Å². The van der Waals surface area contributed by atoms with Crippen molar-refractivity contribution in [2.45, 2.75) is 17.6 Å². The predicted octanol–water partition coefficient (Wildman–Crippen LogP) is 3.63. The van der Waals surface area contributed by atoms with Crippen LogP contribution in [0.15, 0.2) is 47.4 Å². The zero-order chi connectivity index (χ0) is 22.3. The average molecular weight is 485 g/mol. The Morgan fingerprint density at radius 2 is 2.00 bits per heavy atom. The van der Waals surface area contributed by atoms with E-state index in [0.717, 1.165) is 5.56 Å². The Bertz CT molecular complexity index is 1010. The monoisotopic (exact) mass is 484 g/mol. The molecule has 168 valence electrons. The van der Waals surface area contributed by atoms with Crippen molar-refractivity contribution in [2.75, 3.05) is 44.0 Å². The van der Waals surface area contributed by atoms with E-state index in [2.05, 4.69) is 5.32 Å². The minimum absolute atomic E-state index is 0.0423. The van der Waals surface area contributed by atoms with Gasteiger partial charge in [-0.15, -0.1) is 11.8 Å². The number of nitrogens with one attached hydrogen (secondary N) is 1. The van der Waals surface area contributed by atoms with Crippen LogP contribution >= 0.6 is 23.4 Å². The zero-order valence-corrected chi connectivity index (χ0v) is 19.6. The molecule has 0 bridgehead atoms. The fraction of sp³-hybridized carbons (Fsp3) is 0.381. The van der Waals surface area contributed by atoms with Crippen molar-refractivity contribution in [3.05, 3.63) is 53.1 Å². The summed E-state index contributed by atoms with van der Waals surface area (Å²) in [6, 6.07) is 12.2. The van der Waals surface area contributed by atoms with Gasteiger partial charge in [0.15, 0.2) is 0 Å². The molecule has 0 saturated carbocycles. The molecule has 10 heteroatoms. The average Bonchev–Trinajstić information content (AvgIpc) is 2.75. The number of amides is 1. The number of carbonyl (C=O) groups is 1. The molecule has 31 heavy (non-hydrogen) atoms. The molecule has 0 aromatic heterocycles. The number of hydrogen-bond donors (Lipinski definition) is 1. The summed E-state index contributed by atoms with van der Waals surface area (Å²) in [5.41, 5.74) is 1.44. The molecule has 1 fully saturated rings. The summed E-state index contributed by atoms with van der Waals surface area (Å²) in [5.74, 6) is 0.923. The Kier molecular flexibility index (Phi) is 8.62. The molecule has 0 aliphatic carbocycles. The summed E-state index contributed by atoms with van der Waals surface area (Å²) < 4.78 is 38.4. The molecule has 1 amide bonds. The SMILES string of the molecule is CCOc1ccc(NC(=O)CSCc2cccc(Cl)c2)cc1S(=O)(=O)N1CCOCC1. The highest BCUT2D eigenvalue weighted by Crippen LogP contribution is 2.30. The molecule has 1 heterocycles. The van der Waals surface area contributed by atoms with Crippen LogP contribution in [0.1, 0.15) is 12.5 Å². The van der Waals surface area contributed by atoms with Crippen LogP contribution in [0.3, 0.4) is 0 Å². The first-order chi connectivity index (χ1) is 14.9. The second-order valence-corrected chi connectivity index (χ2v) is 10.1. The van der Waals surface area contributed by atoms with E-state index in [1.54, 1.807) is 25.1 Å². The van der Waals surface area contributed by atoms with Gasteiger partial charge in [-0.25, -0.2) is 8.42 Å². The fourth-order valence-corrected chi connectivity index (χ4v) is 5.63. The molecule has 7 nitrogen and oxygen atoms in total. The molecule has 0 radical (unpaired) electrons. The number of nitrogens with zero attached hydrogens (tertiary/aromatic N) is 1. The Balaban J connectivity index is 1.68. The summed E-state index contributed by atoms with van der Waals surface area (Å²) in [4.78, 5) is 12.4. The van der Waals surface area contributed by atoms with Crippen molar-refractivity contribution in [3.8, 4) is 5.75 Å². The van der Waals surface area contributed by atoms with Crippen molar-refractivity contribution in [2.24, 2.45) is 0 Å². The van der Waals surface area contributed by atoms with Crippen molar-refractivity contribution in [1.82, 2.24) is 4.31 Å². The Morgan fingerprint density at radius 1 is 1.23 bits per heavy atom. The topological polar surface area (TPSA) is 84.9 Å². The molecule has 1 saturated heterocycles. The zero-order valence-electron chi connectivity index (χ0n) is 17.2. The molecule has 1 aliphatic heterocycles. The van der Waals surface area contributed by atoms with Gasteiger partial charge in [0.05, 0.1) is 25.6 Å². The smallest absolute Gasteiger partial charge is 0.246 e. The molecular weight excluding hydrogens is 460 g/mol. The maximum Gasteiger partial charge on any atom is 0.246 e. The van der Waals surface area contributed by atoms with Gasteiger partial charge in [0.1, 0.15) is 10.6 Å². The molecule has 2 aromatic carbocycles. The highest BCUT2D eigenvalue weighted by molar-refractivity contribution is 7.99. The number of anilines is 1. The quantitative estimate of drug-likeness (QED) is 0.585. The highest BCUT2D eigenvalue weighted by atomic mass is 35.5. The number of thioether (sulfide) groups is 1. The largest absolute Gasteiger partial charge is 0.492 e. The summed E-state index contributed by atoms with van der Waals surface area (Å²) in [6.07, 6.45) is 0. The highest BCUT2D eigenvalue weighted by Gasteiger charge is 2.29. The number of halogens is 1. The van der Waals surface area contributed by atoms with Gasteiger partial charge in [0.2, 0.25) is 15.9 Å². The van der Waals surface area contributed by atoms with Crippen molar-refractivity contribution >= 4 is 45.0 Å². The summed E-state index contributed by atoms with van der Waals surface area (Å²) in [6.45, 7) is 3.39. The molecular formula is C21H25ClN2O5S2. The van der Waals surface area contributed by atoms with Gasteiger partial charge in [-0.2, -0.15) is 4.31 Å². The number of ether oxygens (including phenoxy) is 2. The minimum Gasteiger partial charge on any atom is -0.492 e. The van der Waals surface area contributed by atoms with Crippen molar-refractivity contribution < 1.29 is 22.7 Å². The van der Waals surface area contributed by atoms with Crippen LogP contribution in [0.5, 0.6) is 5.75 Å². The third-order valence-corrected chi connectivity index (χ3v) is 7.66. The van der Waals surface area contributed by atoms with Crippen LogP contribution in [-0.4, -0.2) is 57.3 Å². The van der Waals surface area contributed by atoms with E-state index >= 15 is 0 Å². The van der Waals surface area contributed by atoms with Crippen LogP contribution in [0.25, 0.3) is 0 Å². The first-order valence-electron chi connectivity index (χ1n) is 9.87. The molecule has 0 unspecified atom stereocenters. The van der Waals surface area contributed by atoms with E-state index in [1.807, 2.05) is 18.2 Å². The lowest BCUT2D eigenvalue weighted by Crippen LogP contribution is -2.40. The molecule has 0 spiro atoms. The number of sulfonamides is 1. The van der Waals surface area contributed by atoms with E-state index < -0.39 is 10.0 Å². The molecule has 2 aromatic rings. The number of morpholine rings is 1. The van der Waals surface area contributed by atoms with E-state index in [4.69, 9.17) is 21.1 Å². The maximum absolute atomic E-state index is 13.1. The van der Waals surface area contributed by atoms with E-state index in [9.17, 15) is 13.2 Å². The van der Waals surface area contributed by atoms with Crippen molar-refractivity contribution in [3.63, 3.8) is 0 Å². The van der Waals surface area contributed by atoms with Gasteiger partial charge < -0.3 is 14.8 Å². The number of benzene rings is 2. The lowest BCUT2D eigenvalue weighted by atomic mass is 10.2. The molecule has 0 atom stereocenters. The van der Waals surface area contributed by atoms with Gasteiger partial charge in [-0.05, 0) is 42.8 Å². The van der Waals surface area contributed by atoms with Crippen LogP contribution in [0.2, 0.25) is 5.02 Å². The fourth-order valence-electron chi connectivity index (χ4n) is 3.07. The van der Waals surface area contributed by atoms with Gasteiger partial charge in [-0.3, -0.25) is 4.79 Å². The standard InChI is InChI=1S/C21H25ClN2O5S2/c1-2-29-19-7-6-18(13-20(19)31(26,27)24-8-10-28-11-9-24)23-21(25)15-30-14-16-4-3-5-17(22)12-16/h3-7,12-13H,2,8-11,14-15H2,1H3,(H,23,25). The van der Waals surface area contributed by atoms with Crippen LogP contribution in [-0.2, 0) is 25.3 Å². The maximum atomic E-state index is 13.1. The van der Waals surface area contributed by atoms with E-state index in [0.29, 0.717) is 36.3 Å². The van der Waals surface area contributed by atoms with E-state index in [1.165, 1.54) is 22.1 Å². The van der Waals surface area contributed by atoms with Crippen LogP contribution < -0.4 is 10.1 Å².